The molecular weight excluding hydrogens is 723 g/mol. The van der Waals surface area contributed by atoms with Crippen molar-refractivity contribution in [3.05, 3.63) is 134 Å². The van der Waals surface area contributed by atoms with Crippen LogP contribution in [0.15, 0.2) is 144 Å². The Morgan fingerprint density at radius 3 is 1.49 bits per heavy atom. The normalized spacial score (nSPS) is 16.8. The topological polar surface area (TPSA) is 171 Å². The van der Waals surface area contributed by atoms with E-state index in [1.807, 2.05) is 24.3 Å². The summed E-state index contributed by atoms with van der Waals surface area (Å²) in [5, 5.41) is 19.4. The predicted molar refractivity (Wildman–Crippen MR) is 191 cm³/mol. The van der Waals surface area contributed by atoms with Gasteiger partial charge in [0.2, 0.25) is 0 Å². The summed E-state index contributed by atoms with van der Waals surface area (Å²) in [4.78, 5) is 40.7. The zero-order valence-corrected chi connectivity index (χ0v) is 29.0. The van der Waals surface area contributed by atoms with Crippen molar-refractivity contribution < 1.29 is 10.2 Å². The summed E-state index contributed by atoms with van der Waals surface area (Å²) < 4.78 is 3.08. The molecule has 0 bridgehead atoms. The van der Waals surface area contributed by atoms with Gasteiger partial charge in [-0.25, -0.2) is 20.0 Å². The number of aromatic nitrogens is 8. The third-order valence-corrected chi connectivity index (χ3v) is 10.8. The molecule has 13 heteroatoms. The summed E-state index contributed by atoms with van der Waals surface area (Å²) in [5.41, 5.74) is 2.20. The molecule has 0 radical (unpaired) electrons. The van der Waals surface area contributed by atoms with E-state index < -0.39 is 21.1 Å². The third-order valence-electron chi connectivity index (χ3n) is 7.24. The molecule has 4 aromatic heterocycles. The fraction of sp³-hybridized carbons (Fsp3) is 0.111. The van der Waals surface area contributed by atoms with Gasteiger partial charge in [-0.15, -0.1) is 0 Å². The summed E-state index contributed by atoms with van der Waals surface area (Å²) >= 11 is -0.517. The van der Waals surface area contributed by atoms with Crippen LogP contribution in [0.3, 0.4) is 0 Å². The van der Waals surface area contributed by atoms with E-state index in [1.54, 1.807) is 24.6 Å². The second-order valence-electron chi connectivity index (χ2n) is 10.6. The first kappa shape index (κ1) is 33.2. The second kappa shape index (κ2) is 16.9. The van der Waals surface area contributed by atoms with Crippen LogP contribution in [0.4, 0.5) is 11.6 Å². The van der Waals surface area contributed by atoms with E-state index in [9.17, 15) is 10.2 Å². The number of allylic oxidation sites excluding steroid dienone is 8. The summed E-state index contributed by atoms with van der Waals surface area (Å²) in [6.45, 7) is 0. The van der Waals surface area contributed by atoms with Crippen molar-refractivity contribution in [2.75, 3.05) is 0 Å². The number of fused-ring (bicyclic) bond motifs is 2. The average Bonchev–Trinajstić information content (AvgIpc) is 3.84. The Morgan fingerprint density at radius 1 is 0.612 bits per heavy atom. The molecular formula is C36H30N10O2Sn. The molecule has 2 N–H and O–H groups in total. The predicted octanol–water partition coefficient (Wildman–Crippen LogP) is 4.75. The van der Waals surface area contributed by atoms with E-state index in [-0.39, 0.29) is 11.8 Å². The molecule has 0 saturated heterocycles. The van der Waals surface area contributed by atoms with Crippen LogP contribution in [-0.4, -0.2) is 73.7 Å². The van der Waals surface area contributed by atoms with Crippen molar-refractivity contribution in [3.8, 4) is 0 Å². The van der Waals surface area contributed by atoms with E-state index in [2.05, 4.69) is 111 Å². The molecule has 6 aromatic rings. The summed E-state index contributed by atoms with van der Waals surface area (Å²) in [7, 11) is 0. The fourth-order valence-corrected chi connectivity index (χ4v) is 7.69. The molecule has 2 aliphatic rings. The molecule has 240 valence electrons. The Morgan fingerprint density at radius 2 is 1.06 bits per heavy atom. The second-order valence-corrected chi connectivity index (χ2v) is 14.6. The molecule has 2 aromatic carbocycles. The van der Waals surface area contributed by atoms with Gasteiger partial charge >= 0.3 is 89.0 Å². The van der Waals surface area contributed by atoms with E-state index in [0.717, 1.165) is 12.8 Å². The van der Waals surface area contributed by atoms with Gasteiger partial charge in [0, 0.05) is 47.4 Å². The van der Waals surface area contributed by atoms with E-state index in [1.165, 1.54) is 32.5 Å². The molecule has 0 aliphatic heterocycles. The Bertz CT molecular complexity index is 2000. The Labute approximate surface area is 292 Å². The number of aliphatic hydroxyl groups excluding tert-OH is 2. The number of aliphatic hydroxyl groups is 2. The van der Waals surface area contributed by atoms with Crippen molar-refractivity contribution in [3.63, 3.8) is 0 Å². The fourth-order valence-electron chi connectivity index (χ4n) is 4.69. The SMILES string of the molecule is OC1=CC=CCC1C=Nc1ncnc2[n-]cnc12.OC1=CC=CCC1C=Nc1ncnc2[n-]cnc12.c1cc[c]([Sn+2][c]2ccccc2)cc1. The zero-order chi connectivity index (χ0) is 33.7. The molecule has 0 fully saturated rings. The molecule has 2 unspecified atom stereocenters. The number of rotatable bonds is 6. The van der Waals surface area contributed by atoms with Gasteiger partial charge in [0.05, 0.1) is 11.8 Å². The van der Waals surface area contributed by atoms with Crippen LogP contribution in [0.2, 0.25) is 0 Å². The van der Waals surface area contributed by atoms with Crippen molar-refractivity contribution >= 4 is 74.7 Å². The van der Waals surface area contributed by atoms with Crippen LogP contribution in [0, 0.1) is 11.8 Å². The molecule has 2 aliphatic carbocycles. The molecule has 0 amide bonds. The Balaban J connectivity index is 0.000000130. The van der Waals surface area contributed by atoms with Crippen molar-refractivity contribution in [2.24, 2.45) is 21.8 Å². The molecule has 2 atom stereocenters. The first-order valence-electron chi connectivity index (χ1n) is 15.4. The monoisotopic (exact) mass is 754 g/mol. The standard InChI is InChI=1S/2C12H10N5O.2C6H5.Sn/c2*18-9-4-2-1-3-8(9)5-13-11-10-12(15-6-14-10)17-7-16-11;2*1-2-4-6-5-3-1;/h2*1-2,4-8H,3H2,(H-,14,15,16,17,18);2*1-5H;/q2*-1;;;+2. The maximum absolute atomic E-state index is 9.68. The van der Waals surface area contributed by atoms with Gasteiger partial charge in [0.1, 0.15) is 11.5 Å². The van der Waals surface area contributed by atoms with Gasteiger partial charge in [0.25, 0.3) is 0 Å². The zero-order valence-electron chi connectivity index (χ0n) is 26.1. The summed E-state index contributed by atoms with van der Waals surface area (Å²) in [6, 6.07) is 21.6. The van der Waals surface area contributed by atoms with Gasteiger partial charge in [-0.1, -0.05) is 24.3 Å². The molecule has 8 rings (SSSR count). The van der Waals surface area contributed by atoms with E-state index >= 15 is 0 Å². The Kier molecular flexibility index (Phi) is 11.4. The van der Waals surface area contributed by atoms with Gasteiger partial charge in [-0.2, -0.15) is 0 Å². The first-order valence-corrected chi connectivity index (χ1v) is 18.2. The molecule has 0 spiro atoms. The molecule has 49 heavy (non-hydrogen) atoms. The number of nitrogens with zero attached hydrogens (tertiary/aromatic N) is 10. The Hall–Kier alpha value is -5.76. The minimum absolute atomic E-state index is 0.108. The number of hydrogen-bond acceptors (Lipinski definition) is 10. The van der Waals surface area contributed by atoms with Crippen LogP contribution in [0.25, 0.3) is 22.3 Å². The maximum atomic E-state index is 9.68. The van der Waals surface area contributed by atoms with Crippen LogP contribution in [-0.2, 0) is 0 Å². The number of aliphatic imine (C=N–C) groups is 2. The van der Waals surface area contributed by atoms with Gasteiger partial charge < -0.3 is 40.1 Å². The molecule has 12 nitrogen and oxygen atoms in total. The van der Waals surface area contributed by atoms with Crippen LogP contribution in [0.5, 0.6) is 0 Å². The molecule has 0 saturated carbocycles. The van der Waals surface area contributed by atoms with Crippen molar-refractivity contribution in [1.82, 2.24) is 39.9 Å². The van der Waals surface area contributed by atoms with Crippen molar-refractivity contribution in [1.29, 1.82) is 0 Å². The first-order chi connectivity index (χ1) is 24.1. The quantitative estimate of drug-likeness (QED) is 0.179. The van der Waals surface area contributed by atoms with E-state index in [0.29, 0.717) is 45.5 Å². The van der Waals surface area contributed by atoms with Crippen LogP contribution < -0.4 is 17.1 Å². The number of imidazole rings is 2. The number of benzene rings is 2. The van der Waals surface area contributed by atoms with Crippen LogP contribution in [0.1, 0.15) is 12.8 Å². The van der Waals surface area contributed by atoms with Crippen LogP contribution >= 0.6 is 0 Å². The van der Waals surface area contributed by atoms with Gasteiger partial charge in [0.15, 0.2) is 11.6 Å². The minimum atomic E-state index is -0.517. The molecule has 4 heterocycles. The van der Waals surface area contributed by atoms with E-state index in [4.69, 9.17) is 0 Å². The summed E-state index contributed by atoms with van der Waals surface area (Å²) in [5.74, 6) is 1.34. The average molecular weight is 753 g/mol. The third kappa shape index (κ3) is 9.20. The van der Waals surface area contributed by atoms with Crippen molar-refractivity contribution in [2.45, 2.75) is 12.8 Å². The van der Waals surface area contributed by atoms with Gasteiger partial charge in [-0.05, 0) is 37.6 Å². The summed E-state index contributed by atoms with van der Waals surface area (Å²) in [6.07, 6.45) is 21.4. The van der Waals surface area contributed by atoms with Gasteiger partial charge in [-0.3, -0.25) is 0 Å². The number of hydrogen-bond donors (Lipinski definition) is 2.